The highest BCUT2D eigenvalue weighted by molar-refractivity contribution is 6.32. The summed E-state index contributed by atoms with van der Waals surface area (Å²) in [7, 11) is 1.63. The molecule has 0 spiro atoms. The molecule has 0 aliphatic heterocycles. The van der Waals surface area contributed by atoms with Crippen molar-refractivity contribution in [3.8, 4) is 5.75 Å². The maximum Gasteiger partial charge on any atom is 0.137 e. The summed E-state index contributed by atoms with van der Waals surface area (Å²) in [6.45, 7) is 6.48. The smallest absolute Gasteiger partial charge is 0.137 e. The molecule has 0 bridgehead atoms. The van der Waals surface area contributed by atoms with E-state index in [0.29, 0.717) is 17.4 Å². The van der Waals surface area contributed by atoms with Crippen molar-refractivity contribution >= 4 is 11.6 Å². The van der Waals surface area contributed by atoms with E-state index >= 15 is 0 Å². The molecule has 0 aliphatic rings. The zero-order valence-electron chi connectivity index (χ0n) is 11.3. The van der Waals surface area contributed by atoms with Crippen LogP contribution in [-0.2, 0) is 4.74 Å². The molecule has 0 aliphatic carbocycles. The SMILES string of the molecule is CCCNC(COCC)c1ccc(Cl)c(OC)c1. The van der Waals surface area contributed by atoms with Crippen LogP contribution < -0.4 is 10.1 Å². The number of ether oxygens (including phenoxy) is 2. The molecular weight excluding hydrogens is 250 g/mol. The first-order valence-corrected chi connectivity index (χ1v) is 6.75. The molecule has 4 heteroatoms. The molecule has 1 unspecified atom stereocenters. The molecule has 3 nitrogen and oxygen atoms in total. The second kappa shape index (κ2) is 8.35. The number of hydrogen-bond acceptors (Lipinski definition) is 3. The van der Waals surface area contributed by atoms with Crippen LogP contribution in [0.2, 0.25) is 5.02 Å². The lowest BCUT2D eigenvalue weighted by molar-refractivity contribution is 0.123. The van der Waals surface area contributed by atoms with Crippen molar-refractivity contribution in [2.45, 2.75) is 26.3 Å². The van der Waals surface area contributed by atoms with Crippen LogP contribution in [0.5, 0.6) is 5.75 Å². The average molecular weight is 272 g/mol. The Labute approximate surface area is 114 Å². The number of rotatable bonds is 8. The van der Waals surface area contributed by atoms with Crippen molar-refractivity contribution in [3.63, 3.8) is 0 Å². The Balaban J connectivity index is 2.82. The molecule has 1 rings (SSSR count). The van der Waals surface area contributed by atoms with Gasteiger partial charge in [0, 0.05) is 6.61 Å². The molecule has 0 saturated carbocycles. The standard InChI is InChI=1S/C14H22ClNO2/c1-4-8-16-13(10-18-5-2)11-6-7-12(15)14(9-11)17-3/h6-7,9,13,16H,4-5,8,10H2,1-3H3. The number of methoxy groups -OCH3 is 1. The normalized spacial score (nSPS) is 12.4. The van der Waals surface area contributed by atoms with Crippen molar-refractivity contribution < 1.29 is 9.47 Å². The van der Waals surface area contributed by atoms with Gasteiger partial charge in [0.1, 0.15) is 5.75 Å². The van der Waals surface area contributed by atoms with E-state index in [4.69, 9.17) is 21.1 Å². The molecule has 0 saturated heterocycles. The van der Waals surface area contributed by atoms with Crippen LogP contribution in [0.25, 0.3) is 0 Å². The van der Waals surface area contributed by atoms with Crippen molar-refractivity contribution in [2.75, 3.05) is 26.9 Å². The fourth-order valence-electron chi connectivity index (χ4n) is 1.72. The van der Waals surface area contributed by atoms with Gasteiger partial charge in [-0.1, -0.05) is 24.6 Å². The van der Waals surface area contributed by atoms with Crippen LogP contribution in [-0.4, -0.2) is 26.9 Å². The third-order valence-corrected chi connectivity index (χ3v) is 3.02. The van der Waals surface area contributed by atoms with E-state index in [0.717, 1.165) is 25.1 Å². The fraction of sp³-hybridized carbons (Fsp3) is 0.571. The van der Waals surface area contributed by atoms with Crippen LogP contribution in [0, 0.1) is 0 Å². The molecule has 0 fully saturated rings. The molecule has 18 heavy (non-hydrogen) atoms. The summed E-state index contributed by atoms with van der Waals surface area (Å²) in [4.78, 5) is 0. The second-order valence-electron chi connectivity index (χ2n) is 4.06. The van der Waals surface area contributed by atoms with Gasteiger partial charge in [-0.3, -0.25) is 0 Å². The molecule has 0 radical (unpaired) electrons. The first kappa shape index (κ1) is 15.3. The Morgan fingerprint density at radius 3 is 2.72 bits per heavy atom. The zero-order chi connectivity index (χ0) is 13.4. The maximum atomic E-state index is 6.03. The Kier molecular flexibility index (Phi) is 7.09. The van der Waals surface area contributed by atoms with Crippen molar-refractivity contribution in [1.82, 2.24) is 5.32 Å². The Morgan fingerprint density at radius 1 is 1.33 bits per heavy atom. The van der Waals surface area contributed by atoms with E-state index in [2.05, 4.69) is 12.2 Å². The van der Waals surface area contributed by atoms with Gasteiger partial charge < -0.3 is 14.8 Å². The summed E-state index contributed by atoms with van der Waals surface area (Å²) < 4.78 is 10.8. The van der Waals surface area contributed by atoms with E-state index < -0.39 is 0 Å². The summed E-state index contributed by atoms with van der Waals surface area (Å²) in [5, 5.41) is 4.10. The molecule has 1 aromatic carbocycles. The van der Waals surface area contributed by atoms with Crippen molar-refractivity contribution in [1.29, 1.82) is 0 Å². The average Bonchev–Trinajstić information content (AvgIpc) is 2.40. The topological polar surface area (TPSA) is 30.5 Å². The first-order chi connectivity index (χ1) is 8.72. The summed E-state index contributed by atoms with van der Waals surface area (Å²) >= 11 is 6.03. The lowest BCUT2D eigenvalue weighted by atomic mass is 10.1. The lowest BCUT2D eigenvalue weighted by Gasteiger charge is -2.19. The van der Waals surface area contributed by atoms with Crippen LogP contribution in [0.4, 0.5) is 0 Å². The number of nitrogens with one attached hydrogen (secondary N) is 1. The molecule has 0 amide bonds. The Morgan fingerprint density at radius 2 is 2.11 bits per heavy atom. The van der Waals surface area contributed by atoms with Gasteiger partial charge in [-0.2, -0.15) is 0 Å². The second-order valence-corrected chi connectivity index (χ2v) is 4.47. The van der Waals surface area contributed by atoms with Crippen LogP contribution in [0.15, 0.2) is 18.2 Å². The van der Waals surface area contributed by atoms with Gasteiger partial charge >= 0.3 is 0 Å². The van der Waals surface area contributed by atoms with Gasteiger partial charge in [-0.15, -0.1) is 0 Å². The predicted molar refractivity (Wildman–Crippen MR) is 75.5 cm³/mol. The molecular formula is C14H22ClNO2. The van der Waals surface area contributed by atoms with E-state index in [1.54, 1.807) is 7.11 Å². The van der Waals surface area contributed by atoms with Gasteiger partial charge in [0.25, 0.3) is 0 Å². The number of halogens is 1. The van der Waals surface area contributed by atoms with E-state index in [1.807, 2.05) is 25.1 Å². The van der Waals surface area contributed by atoms with Gasteiger partial charge in [-0.05, 0) is 37.6 Å². The molecule has 0 aromatic heterocycles. The molecule has 1 aromatic rings. The number of benzene rings is 1. The Hall–Kier alpha value is -0.770. The third-order valence-electron chi connectivity index (χ3n) is 2.71. The highest BCUT2D eigenvalue weighted by Crippen LogP contribution is 2.27. The van der Waals surface area contributed by atoms with Crippen molar-refractivity contribution in [2.24, 2.45) is 0 Å². The first-order valence-electron chi connectivity index (χ1n) is 6.37. The minimum atomic E-state index is 0.177. The zero-order valence-corrected chi connectivity index (χ0v) is 12.1. The quantitative estimate of drug-likeness (QED) is 0.786. The molecule has 1 atom stereocenters. The predicted octanol–water partition coefficient (Wildman–Crippen LogP) is 3.43. The largest absolute Gasteiger partial charge is 0.495 e. The van der Waals surface area contributed by atoms with E-state index in [9.17, 15) is 0 Å². The molecule has 102 valence electrons. The van der Waals surface area contributed by atoms with Gasteiger partial charge in [0.05, 0.1) is 24.8 Å². The van der Waals surface area contributed by atoms with Crippen LogP contribution >= 0.6 is 11.6 Å². The highest BCUT2D eigenvalue weighted by Gasteiger charge is 2.12. The summed E-state index contributed by atoms with van der Waals surface area (Å²) in [6, 6.07) is 6.02. The van der Waals surface area contributed by atoms with E-state index in [1.165, 1.54) is 0 Å². The Bertz CT molecular complexity index is 350. The minimum absolute atomic E-state index is 0.177. The van der Waals surface area contributed by atoms with Crippen LogP contribution in [0.3, 0.4) is 0 Å². The van der Waals surface area contributed by atoms with Gasteiger partial charge in [0.2, 0.25) is 0 Å². The van der Waals surface area contributed by atoms with E-state index in [-0.39, 0.29) is 6.04 Å². The van der Waals surface area contributed by atoms with Crippen molar-refractivity contribution in [3.05, 3.63) is 28.8 Å². The molecule has 1 N–H and O–H groups in total. The summed E-state index contributed by atoms with van der Waals surface area (Å²) in [5.74, 6) is 0.703. The van der Waals surface area contributed by atoms with Gasteiger partial charge in [0.15, 0.2) is 0 Å². The highest BCUT2D eigenvalue weighted by atomic mass is 35.5. The fourth-order valence-corrected chi connectivity index (χ4v) is 1.92. The number of hydrogen-bond donors (Lipinski definition) is 1. The van der Waals surface area contributed by atoms with Crippen LogP contribution in [0.1, 0.15) is 31.9 Å². The lowest BCUT2D eigenvalue weighted by Crippen LogP contribution is -2.26. The summed E-state index contributed by atoms with van der Waals surface area (Å²) in [5.41, 5.74) is 1.14. The third kappa shape index (κ3) is 4.48. The monoisotopic (exact) mass is 271 g/mol. The maximum absolute atomic E-state index is 6.03. The minimum Gasteiger partial charge on any atom is -0.495 e. The molecule has 0 heterocycles. The summed E-state index contributed by atoms with van der Waals surface area (Å²) in [6.07, 6.45) is 1.09. The van der Waals surface area contributed by atoms with Gasteiger partial charge in [-0.25, -0.2) is 0 Å².